The van der Waals surface area contributed by atoms with Crippen molar-refractivity contribution in [3.05, 3.63) is 59.0 Å². The van der Waals surface area contributed by atoms with Crippen LogP contribution in [0.3, 0.4) is 0 Å². The molecule has 0 saturated carbocycles. The number of benzene rings is 1. The summed E-state index contributed by atoms with van der Waals surface area (Å²) in [7, 11) is 0. The Morgan fingerprint density at radius 2 is 1.92 bits per heavy atom. The van der Waals surface area contributed by atoms with Crippen LogP contribution in [0.1, 0.15) is 17.2 Å². The van der Waals surface area contributed by atoms with Gasteiger partial charge in [-0.25, -0.2) is 9.97 Å². The first-order valence-corrected chi connectivity index (χ1v) is 7.29. The summed E-state index contributed by atoms with van der Waals surface area (Å²) in [6.07, 6.45) is -4.43. The number of alkyl halides is 3. The fourth-order valence-corrected chi connectivity index (χ4v) is 2.35. The fourth-order valence-electron chi connectivity index (χ4n) is 2.17. The number of nitrogens with zero attached hydrogens (tertiary/aromatic N) is 3. The average molecular weight is 354 g/mol. The molecule has 0 bridgehead atoms. The molecule has 0 aliphatic carbocycles. The van der Waals surface area contributed by atoms with Crippen molar-refractivity contribution >= 4 is 22.6 Å². The molecule has 3 aromatic rings. The highest BCUT2D eigenvalue weighted by Crippen LogP contribution is 2.37. The quantitative estimate of drug-likeness (QED) is 0.686. The molecule has 0 saturated heterocycles. The van der Waals surface area contributed by atoms with Crippen LogP contribution >= 0.6 is 11.6 Å². The van der Waals surface area contributed by atoms with Gasteiger partial charge in [0.05, 0.1) is 11.0 Å². The smallest absolute Gasteiger partial charge is 0.429 e. The number of hydrogen-bond acceptors (Lipinski definition) is 4. The van der Waals surface area contributed by atoms with Crippen LogP contribution < -0.4 is 4.74 Å². The van der Waals surface area contributed by atoms with E-state index in [-0.39, 0.29) is 16.6 Å². The molecule has 0 aliphatic rings. The van der Waals surface area contributed by atoms with Gasteiger partial charge in [0.2, 0.25) is 6.10 Å². The molecule has 3 rings (SSSR count). The van der Waals surface area contributed by atoms with Crippen molar-refractivity contribution in [3.63, 3.8) is 0 Å². The normalized spacial score (nSPS) is 13.0. The molecule has 0 N–H and O–H groups in total. The van der Waals surface area contributed by atoms with Crippen LogP contribution in [-0.4, -0.2) is 21.1 Å². The minimum Gasteiger partial charge on any atom is -0.457 e. The van der Waals surface area contributed by atoms with Crippen molar-refractivity contribution < 1.29 is 17.9 Å². The maximum atomic E-state index is 13.4. The van der Waals surface area contributed by atoms with Crippen molar-refractivity contribution in [2.45, 2.75) is 19.2 Å². The molecule has 0 radical (unpaired) electrons. The second-order valence-electron chi connectivity index (χ2n) is 5.14. The van der Waals surface area contributed by atoms with Gasteiger partial charge in [-0.15, -0.1) is 0 Å². The number of hydrogen-bond donors (Lipinski definition) is 0. The van der Waals surface area contributed by atoms with E-state index in [9.17, 15) is 13.2 Å². The number of halogens is 4. The first-order chi connectivity index (χ1) is 11.3. The molecule has 0 spiro atoms. The van der Waals surface area contributed by atoms with E-state index in [0.717, 1.165) is 11.8 Å². The Morgan fingerprint density at radius 3 is 2.58 bits per heavy atom. The molecule has 1 atom stereocenters. The van der Waals surface area contributed by atoms with Crippen LogP contribution in [0.2, 0.25) is 5.15 Å². The lowest BCUT2D eigenvalue weighted by Crippen LogP contribution is -2.26. The number of fused-ring (bicyclic) bond motifs is 1. The predicted octanol–water partition coefficient (Wildman–Crippen LogP) is 4.67. The monoisotopic (exact) mass is 353 g/mol. The molecule has 0 fully saturated rings. The molecular weight excluding hydrogens is 343 g/mol. The summed E-state index contributed by atoms with van der Waals surface area (Å²) in [5, 5.41) is -0.232. The molecule has 24 heavy (non-hydrogen) atoms. The second-order valence-corrected chi connectivity index (χ2v) is 5.50. The maximum Gasteiger partial charge on any atom is 0.429 e. The third-order valence-corrected chi connectivity index (χ3v) is 3.51. The highest BCUT2D eigenvalue weighted by atomic mass is 35.5. The van der Waals surface area contributed by atoms with Gasteiger partial charge in [-0.1, -0.05) is 23.7 Å². The van der Waals surface area contributed by atoms with Crippen LogP contribution in [0, 0.1) is 6.92 Å². The molecule has 2 heterocycles. The summed E-state index contributed by atoms with van der Waals surface area (Å²) in [6.45, 7) is 1.84. The SMILES string of the molecule is Cc1ccc2nc(Cl)c(OC(c3cccnc3)C(F)(F)F)nc2c1. The van der Waals surface area contributed by atoms with Crippen molar-refractivity contribution in [1.82, 2.24) is 15.0 Å². The van der Waals surface area contributed by atoms with E-state index in [0.29, 0.717) is 11.0 Å². The molecule has 2 aromatic heterocycles. The Bertz CT molecular complexity index is 872. The number of rotatable bonds is 3. The number of ether oxygens (including phenoxy) is 1. The summed E-state index contributed by atoms with van der Waals surface area (Å²) in [5.41, 5.74) is 1.63. The molecule has 0 aliphatic heterocycles. The van der Waals surface area contributed by atoms with Gasteiger partial charge in [0.15, 0.2) is 5.15 Å². The summed E-state index contributed by atoms with van der Waals surface area (Å²) in [5.74, 6) is -0.374. The summed E-state index contributed by atoms with van der Waals surface area (Å²) < 4.78 is 45.1. The van der Waals surface area contributed by atoms with E-state index in [2.05, 4.69) is 15.0 Å². The lowest BCUT2D eigenvalue weighted by atomic mass is 10.1. The van der Waals surface area contributed by atoms with E-state index in [1.165, 1.54) is 18.3 Å². The molecule has 1 unspecified atom stereocenters. The largest absolute Gasteiger partial charge is 0.457 e. The highest BCUT2D eigenvalue weighted by Gasteiger charge is 2.44. The third-order valence-electron chi connectivity index (χ3n) is 3.26. The minimum atomic E-state index is -4.66. The van der Waals surface area contributed by atoms with Gasteiger partial charge < -0.3 is 4.74 Å². The van der Waals surface area contributed by atoms with E-state index >= 15 is 0 Å². The van der Waals surface area contributed by atoms with Gasteiger partial charge >= 0.3 is 6.18 Å². The van der Waals surface area contributed by atoms with Crippen LogP contribution in [0.4, 0.5) is 13.2 Å². The van der Waals surface area contributed by atoms with Gasteiger partial charge in [0, 0.05) is 18.0 Å². The average Bonchev–Trinajstić information content (AvgIpc) is 2.53. The Balaban J connectivity index is 2.04. The summed E-state index contributed by atoms with van der Waals surface area (Å²) >= 11 is 5.94. The molecule has 124 valence electrons. The van der Waals surface area contributed by atoms with E-state index in [1.807, 2.05) is 13.0 Å². The van der Waals surface area contributed by atoms with Gasteiger partial charge in [0.25, 0.3) is 5.88 Å². The number of pyridine rings is 1. The zero-order valence-corrected chi connectivity index (χ0v) is 13.1. The van der Waals surface area contributed by atoms with Gasteiger partial charge in [-0.2, -0.15) is 13.2 Å². The van der Waals surface area contributed by atoms with Crippen molar-refractivity contribution in [2.24, 2.45) is 0 Å². The standard InChI is InChI=1S/C16H11ClF3N3O/c1-9-4-5-11-12(7-9)23-15(14(17)22-11)24-13(16(18,19)20)10-3-2-6-21-8-10/h2-8,13H,1H3. The Kier molecular flexibility index (Phi) is 4.28. The fraction of sp³-hybridized carbons (Fsp3) is 0.188. The molecule has 1 aromatic carbocycles. The molecule has 0 amide bonds. The maximum absolute atomic E-state index is 13.4. The lowest BCUT2D eigenvalue weighted by molar-refractivity contribution is -0.198. The molecule has 8 heteroatoms. The van der Waals surface area contributed by atoms with Crippen molar-refractivity contribution in [3.8, 4) is 5.88 Å². The first kappa shape index (κ1) is 16.4. The minimum absolute atomic E-state index is 0.146. The van der Waals surface area contributed by atoms with E-state index in [4.69, 9.17) is 16.3 Å². The van der Waals surface area contributed by atoms with Crippen molar-refractivity contribution in [1.29, 1.82) is 0 Å². The highest BCUT2D eigenvalue weighted by molar-refractivity contribution is 6.31. The van der Waals surface area contributed by atoms with Gasteiger partial charge in [-0.05, 0) is 30.7 Å². The Labute approximate surface area is 140 Å². The van der Waals surface area contributed by atoms with Crippen LogP contribution in [-0.2, 0) is 0 Å². The first-order valence-electron chi connectivity index (χ1n) is 6.92. The van der Waals surface area contributed by atoms with Gasteiger partial charge in [0.1, 0.15) is 0 Å². The topological polar surface area (TPSA) is 47.9 Å². The molecule has 4 nitrogen and oxygen atoms in total. The number of aryl methyl sites for hydroxylation is 1. The van der Waals surface area contributed by atoms with Crippen LogP contribution in [0.15, 0.2) is 42.7 Å². The van der Waals surface area contributed by atoms with Crippen molar-refractivity contribution in [2.75, 3.05) is 0 Å². The zero-order chi connectivity index (χ0) is 17.3. The molecular formula is C16H11ClF3N3O. The van der Waals surface area contributed by atoms with Gasteiger partial charge in [-0.3, -0.25) is 4.98 Å². The lowest BCUT2D eigenvalue weighted by Gasteiger charge is -2.21. The van der Waals surface area contributed by atoms with Crippen LogP contribution in [0.25, 0.3) is 11.0 Å². The Morgan fingerprint density at radius 1 is 1.12 bits per heavy atom. The van der Waals surface area contributed by atoms with Crippen LogP contribution in [0.5, 0.6) is 5.88 Å². The Hall–Kier alpha value is -2.41. The summed E-state index contributed by atoms with van der Waals surface area (Å²) in [4.78, 5) is 11.8. The predicted molar refractivity (Wildman–Crippen MR) is 82.9 cm³/mol. The summed E-state index contributed by atoms with van der Waals surface area (Å²) in [6, 6.07) is 7.86. The second kappa shape index (κ2) is 6.24. The zero-order valence-electron chi connectivity index (χ0n) is 12.4. The third kappa shape index (κ3) is 3.41. The number of aromatic nitrogens is 3. The van der Waals surface area contributed by atoms with E-state index in [1.54, 1.807) is 12.1 Å². The van der Waals surface area contributed by atoms with E-state index < -0.39 is 12.3 Å².